The predicted molar refractivity (Wildman–Crippen MR) is 132 cm³/mol. The van der Waals surface area contributed by atoms with E-state index in [1.54, 1.807) is 17.0 Å². The van der Waals surface area contributed by atoms with Crippen LogP contribution in [0.3, 0.4) is 0 Å². The third kappa shape index (κ3) is 4.28. The van der Waals surface area contributed by atoms with E-state index in [0.717, 1.165) is 46.7 Å². The molecule has 0 saturated carbocycles. The number of rotatable bonds is 7. The maximum atomic E-state index is 13.8. The van der Waals surface area contributed by atoms with Crippen LogP contribution < -0.4 is 9.64 Å². The molecule has 4 aromatic rings. The molecule has 0 aliphatic carbocycles. The minimum Gasteiger partial charge on any atom is -0.493 e. The average Bonchev–Trinajstić information content (AvgIpc) is 3.39. The molecule has 1 aliphatic rings. The van der Waals surface area contributed by atoms with E-state index in [9.17, 15) is 9.18 Å². The summed E-state index contributed by atoms with van der Waals surface area (Å²) < 4.78 is 22.1. The van der Waals surface area contributed by atoms with Gasteiger partial charge < -0.3 is 14.2 Å². The highest BCUT2D eigenvalue weighted by atomic mass is 19.1. The first kappa shape index (κ1) is 22.1. The number of hydrogen-bond donors (Lipinski definition) is 0. The molecule has 5 rings (SSSR count). The second-order valence-corrected chi connectivity index (χ2v) is 8.92. The Labute approximate surface area is 198 Å². The fourth-order valence-electron chi connectivity index (χ4n) is 4.84. The van der Waals surface area contributed by atoms with Crippen LogP contribution in [0.5, 0.6) is 5.75 Å². The lowest BCUT2D eigenvalue weighted by Gasteiger charge is -2.18. The molecular formula is C28H28FN3O2. The summed E-state index contributed by atoms with van der Waals surface area (Å²) in [4.78, 5) is 19.4. The Kier molecular flexibility index (Phi) is 6.05. The second kappa shape index (κ2) is 9.29. The van der Waals surface area contributed by atoms with E-state index < -0.39 is 0 Å². The normalized spacial score (nSPS) is 15.9. The molecule has 0 bridgehead atoms. The molecule has 1 saturated heterocycles. The number of imidazole rings is 1. The molecule has 1 aromatic heterocycles. The SMILES string of the molecule is Cc1cccc(C)c1OCCCn1c(C2CC(=O)N(c3cccc(F)c3)C2)nc2ccccc21. The third-order valence-electron chi connectivity index (χ3n) is 6.48. The number of amides is 1. The molecular weight excluding hydrogens is 429 g/mol. The number of fused-ring (bicyclic) bond motifs is 1. The van der Waals surface area contributed by atoms with Crippen molar-refractivity contribution in [3.8, 4) is 5.75 Å². The smallest absolute Gasteiger partial charge is 0.227 e. The van der Waals surface area contributed by atoms with Crippen LogP contribution >= 0.6 is 0 Å². The number of benzene rings is 3. The Hall–Kier alpha value is -3.67. The highest BCUT2D eigenvalue weighted by molar-refractivity contribution is 5.96. The van der Waals surface area contributed by atoms with Gasteiger partial charge >= 0.3 is 0 Å². The van der Waals surface area contributed by atoms with Gasteiger partial charge in [-0.1, -0.05) is 36.4 Å². The van der Waals surface area contributed by atoms with Gasteiger partial charge in [0.05, 0.1) is 17.6 Å². The van der Waals surface area contributed by atoms with Gasteiger partial charge in [-0.05, 0) is 61.7 Å². The van der Waals surface area contributed by atoms with Crippen molar-refractivity contribution in [2.75, 3.05) is 18.1 Å². The van der Waals surface area contributed by atoms with E-state index in [1.165, 1.54) is 12.1 Å². The zero-order valence-electron chi connectivity index (χ0n) is 19.5. The summed E-state index contributed by atoms with van der Waals surface area (Å²) in [5.74, 6) is 1.45. The van der Waals surface area contributed by atoms with Gasteiger partial charge in [0, 0.05) is 31.1 Å². The number of carbonyl (C=O) groups is 1. The fourth-order valence-corrected chi connectivity index (χ4v) is 4.84. The molecule has 0 spiro atoms. The Balaban J connectivity index is 1.36. The summed E-state index contributed by atoms with van der Waals surface area (Å²) in [5.41, 5.74) is 4.84. The number of hydrogen-bond acceptors (Lipinski definition) is 3. The summed E-state index contributed by atoms with van der Waals surface area (Å²) in [5, 5.41) is 0. The minimum absolute atomic E-state index is 0.00688. The predicted octanol–water partition coefficient (Wildman–Crippen LogP) is 5.78. The summed E-state index contributed by atoms with van der Waals surface area (Å²) in [7, 11) is 0. The summed E-state index contributed by atoms with van der Waals surface area (Å²) in [6.07, 6.45) is 1.17. The van der Waals surface area contributed by atoms with Crippen molar-refractivity contribution < 1.29 is 13.9 Å². The lowest BCUT2D eigenvalue weighted by Crippen LogP contribution is -2.24. The summed E-state index contributed by atoms with van der Waals surface area (Å²) in [6, 6.07) is 20.4. The lowest BCUT2D eigenvalue weighted by atomic mass is 10.1. The topological polar surface area (TPSA) is 47.4 Å². The first-order chi connectivity index (χ1) is 16.5. The van der Waals surface area contributed by atoms with Crippen LogP contribution in [0.1, 0.15) is 35.7 Å². The Morgan fingerprint density at radius 3 is 2.59 bits per heavy atom. The van der Waals surface area contributed by atoms with Gasteiger partial charge in [-0.15, -0.1) is 0 Å². The van der Waals surface area contributed by atoms with E-state index in [2.05, 4.69) is 36.6 Å². The van der Waals surface area contributed by atoms with E-state index >= 15 is 0 Å². The third-order valence-corrected chi connectivity index (χ3v) is 6.48. The second-order valence-electron chi connectivity index (χ2n) is 8.92. The molecule has 1 atom stereocenters. The zero-order chi connectivity index (χ0) is 23.7. The number of ether oxygens (including phenoxy) is 1. The highest BCUT2D eigenvalue weighted by Crippen LogP contribution is 2.33. The highest BCUT2D eigenvalue weighted by Gasteiger charge is 2.34. The van der Waals surface area contributed by atoms with Gasteiger partial charge in [0.15, 0.2) is 0 Å². The number of anilines is 1. The molecule has 1 amide bonds. The van der Waals surface area contributed by atoms with E-state index in [-0.39, 0.29) is 17.6 Å². The van der Waals surface area contributed by atoms with Crippen LogP contribution in [0.4, 0.5) is 10.1 Å². The van der Waals surface area contributed by atoms with Crippen LogP contribution in [-0.2, 0) is 11.3 Å². The number of nitrogens with zero attached hydrogens (tertiary/aromatic N) is 3. The molecule has 2 heterocycles. The number of aromatic nitrogens is 2. The molecule has 1 unspecified atom stereocenters. The molecule has 3 aromatic carbocycles. The molecule has 0 N–H and O–H groups in total. The summed E-state index contributed by atoms with van der Waals surface area (Å²) in [6.45, 7) is 5.95. The van der Waals surface area contributed by atoms with Gasteiger partial charge in [0.2, 0.25) is 5.91 Å². The molecule has 174 valence electrons. The Morgan fingerprint density at radius 2 is 1.79 bits per heavy atom. The quantitative estimate of drug-likeness (QED) is 0.331. The lowest BCUT2D eigenvalue weighted by molar-refractivity contribution is -0.117. The van der Waals surface area contributed by atoms with E-state index in [0.29, 0.717) is 25.3 Å². The zero-order valence-corrected chi connectivity index (χ0v) is 19.5. The molecule has 0 radical (unpaired) electrons. The average molecular weight is 458 g/mol. The number of para-hydroxylation sites is 3. The van der Waals surface area contributed by atoms with E-state index in [1.807, 2.05) is 24.3 Å². The number of halogens is 1. The maximum absolute atomic E-state index is 13.8. The van der Waals surface area contributed by atoms with Crippen molar-refractivity contribution in [3.05, 3.63) is 89.5 Å². The van der Waals surface area contributed by atoms with Crippen molar-refractivity contribution in [3.63, 3.8) is 0 Å². The number of aryl methyl sites for hydroxylation is 3. The largest absolute Gasteiger partial charge is 0.493 e. The first-order valence-electron chi connectivity index (χ1n) is 11.7. The van der Waals surface area contributed by atoms with Crippen molar-refractivity contribution in [1.29, 1.82) is 0 Å². The van der Waals surface area contributed by atoms with Gasteiger partial charge in [-0.2, -0.15) is 0 Å². The van der Waals surface area contributed by atoms with Crippen LogP contribution in [0.25, 0.3) is 11.0 Å². The van der Waals surface area contributed by atoms with Gasteiger partial charge in [0.25, 0.3) is 0 Å². The number of carbonyl (C=O) groups excluding carboxylic acids is 1. The van der Waals surface area contributed by atoms with Crippen LogP contribution in [0, 0.1) is 19.7 Å². The monoisotopic (exact) mass is 457 g/mol. The van der Waals surface area contributed by atoms with Crippen LogP contribution in [0.15, 0.2) is 66.7 Å². The van der Waals surface area contributed by atoms with Gasteiger partial charge in [0.1, 0.15) is 17.4 Å². The Morgan fingerprint density at radius 1 is 1.03 bits per heavy atom. The van der Waals surface area contributed by atoms with Gasteiger partial charge in [-0.25, -0.2) is 9.37 Å². The van der Waals surface area contributed by atoms with E-state index in [4.69, 9.17) is 9.72 Å². The Bertz CT molecular complexity index is 1330. The summed E-state index contributed by atoms with van der Waals surface area (Å²) >= 11 is 0. The molecule has 34 heavy (non-hydrogen) atoms. The van der Waals surface area contributed by atoms with Crippen molar-refractivity contribution >= 4 is 22.6 Å². The van der Waals surface area contributed by atoms with Crippen molar-refractivity contribution in [2.24, 2.45) is 0 Å². The van der Waals surface area contributed by atoms with Crippen LogP contribution in [-0.4, -0.2) is 28.6 Å². The minimum atomic E-state index is -0.343. The molecule has 1 aliphatic heterocycles. The first-order valence-corrected chi connectivity index (χ1v) is 11.7. The molecule has 6 heteroatoms. The molecule has 1 fully saturated rings. The maximum Gasteiger partial charge on any atom is 0.227 e. The van der Waals surface area contributed by atoms with Crippen molar-refractivity contribution in [1.82, 2.24) is 9.55 Å². The molecule has 5 nitrogen and oxygen atoms in total. The standard InChI is InChI=1S/C28H28FN3O2/c1-19-8-5-9-20(2)27(19)34-15-7-14-31-25-13-4-3-12-24(25)30-28(31)21-16-26(33)32(18-21)23-11-6-10-22(29)17-23/h3-6,8-13,17,21H,7,14-16,18H2,1-2H3. The van der Waals surface area contributed by atoms with Crippen molar-refractivity contribution in [2.45, 2.75) is 39.2 Å². The van der Waals surface area contributed by atoms with Gasteiger partial charge in [-0.3, -0.25) is 4.79 Å². The van der Waals surface area contributed by atoms with Crippen LogP contribution in [0.2, 0.25) is 0 Å². The fraction of sp³-hybridized carbons (Fsp3) is 0.286.